The molecule has 0 aliphatic heterocycles. The van der Waals surface area contributed by atoms with Crippen molar-refractivity contribution < 1.29 is 8.78 Å². The lowest BCUT2D eigenvalue weighted by Crippen LogP contribution is -2.23. The first-order chi connectivity index (χ1) is 9.52. The molecule has 0 aliphatic rings. The fourth-order valence-electron chi connectivity index (χ4n) is 2.44. The van der Waals surface area contributed by atoms with Crippen LogP contribution in [0.1, 0.15) is 33.8 Å². The standard InChI is InChI=1S/C16H19F2NS/c1-4-19-15(16-10(2)8-11(3)20-16)9-12-13(17)6-5-7-14(12)18/h5-8,15,19H,4,9H2,1-3H3. The fourth-order valence-corrected chi connectivity index (χ4v) is 3.55. The molecule has 1 aromatic heterocycles. The van der Waals surface area contributed by atoms with Crippen LogP contribution in [0.15, 0.2) is 24.3 Å². The zero-order valence-corrected chi connectivity index (χ0v) is 12.8. The highest BCUT2D eigenvalue weighted by Crippen LogP contribution is 2.30. The van der Waals surface area contributed by atoms with Crippen molar-refractivity contribution in [3.8, 4) is 0 Å². The molecule has 0 aliphatic carbocycles. The molecule has 1 atom stereocenters. The van der Waals surface area contributed by atoms with Crippen molar-refractivity contribution in [2.45, 2.75) is 33.2 Å². The van der Waals surface area contributed by atoms with Crippen molar-refractivity contribution in [2.75, 3.05) is 6.54 Å². The average Bonchev–Trinajstić information content (AvgIpc) is 2.72. The first kappa shape index (κ1) is 15.1. The number of hydrogen-bond acceptors (Lipinski definition) is 2. The third kappa shape index (κ3) is 3.25. The Labute approximate surface area is 122 Å². The quantitative estimate of drug-likeness (QED) is 0.854. The van der Waals surface area contributed by atoms with Crippen molar-refractivity contribution in [1.82, 2.24) is 5.32 Å². The highest BCUT2D eigenvalue weighted by atomic mass is 32.1. The van der Waals surface area contributed by atoms with Gasteiger partial charge >= 0.3 is 0 Å². The Morgan fingerprint density at radius 1 is 1.20 bits per heavy atom. The van der Waals surface area contributed by atoms with Crippen LogP contribution in [0.5, 0.6) is 0 Å². The van der Waals surface area contributed by atoms with Crippen LogP contribution in [-0.2, 0) is 6.42 Å². The molecule has 0 bridgehead atoms. The Hall–Kier alpha value is -1.26. The van der Waals surface area contributed by atoms with Crippen LogP contribution in [0.3, 0.4) is 0 Å². The van der Waals surface area contributed by atoms with Gasteiger partial charge in [-0.3, -0.25) is 0 Å². The van der Waals surface area contributed by atoms with Gasteiger partial charge in [0.15, 0.2) is 0 Å². The summed E-state index contributed by atoms with van der Waals surface area (Å²) in [6.07, 6.45) is 0.327. The van der Waals surface area contributed by atoms with Crippen molar-refractivity contribution in [2.24, 2.45) is 0 Å². The second-order valence-corrected chi connectivity index (χ2v) is 6.21. The molecule has 0 fully saturated rings. The van der Waals surface area contributed by atoms with E-state index in [2.05, 4.69) is 11.4 Å². The molecule has 1 unspecified atom stereocenters. The molecule has 1 aromatic carbocycles. The monoisotopic (exact) mass is 295 g/mol. The molecule has 1 nitrogen and oxygen atoms in total. The molecule has 0 spiro atoms. The molecule has 108 valence electrons. The van der Waals surface area contributed by atoms with Gasteiger partial charge in [-0.15, -0.1) is 11.3 Å². The van der Waals surface area contributed by atoms with Crippen molar-refractivity contribution >= 4 is 11.3 Å². The topological polar surface area (TPSA) is 12.0 Å². The van der Waals surface area contributed by atoms with Crippen LogP contribution >= 0.6 is 11.3 Å². The number of hydrogen-bond donors (Lipinski definition) is 1. The van der Waals surface area contributed by atoms with Gasteiger partial charge in [-0.2, -0.15) is 0 Å². The summed E-state index contributed by atoms with van der Waals surface area (Å²) in [6, 6.07) is 6.09. The smallest absolute Gasteiger partial charge is 0.129 e. The summed E-state index contributed by atoms with van der Waals surface area (Å²) in [7, 11) is 0. The minimum absolute atomic E-state index is 0.0508. The van der Waals surface area contributed by atoms with Gasteiger partial charge in [0.05, 0.1) is 0 Å². The van der Waals surface area contributed by atoms with Gasteiger partial charge in [-0.05, 0) is 50.6 Å². The largest absolute Gasteiger partial charge is 0.309 e. The number of aryl methyl sites for hydroxylation is 2. The van der Waals surface area contributed by atoms with Gasteiger partial charge in [-0.25, -0.2) is 8.78 Å². The summed E-state index contributed by atoms with van der Waals surface area (Å²) in [5.41, 5.74) is 1.33. The van der Waals surface area contributed by atoms with E-state index < -0.39 is 11.6 Å². The molecule has 1 N–H and O–H groups in total. The SMILES string of the molecule is CCNC(Cc1c(F)cccc1F)c1sc(C)cc1C. The van der Waals surface area contributed by atoms with Crippen molar-refractivity contribution in [3.63, 3.8) is 0 Å². The number of nitrogens with one attached hydrogen (secondary N) is 1. The van der Waals surface area contributed by atoms with Gasteiger partial charge in [0.2, 0.25) is 0 Å². The third-order valence-electron chi connectivity index (χ3n) is 3.32. The number of halogens is 2. The second-order valence-electron chi connectivity index (χ2n) is 4.92. The van der Waals surface area contributed by atoms with Crippen LogP contribution in [0.2, 0.25) is 0 Å². The van der Waals surface area contributed by atoms with E-state index in [4.69, 9.17) is 0 Å². The number of rotatable bonds is 5. The van der Waals surface area contributed by atoms with Crippen molar-refractivity contribution in [1.29, 1.82) is 0 Å². The first-order valence-corrected chi connectivity index (χ1v) is 7.57. The normalized spacial score (nSPS) is 12.7. The molecular weight excluding hydrogens is 276 g/mol. The van der Waals surface area contributed by atoms with Gasteiger partial charge in [0.1, 0.15) is 11.6 Å². The van der Waals surface area contributed by atoms with Gasteiger partial charge in [-0.1, -0.05) is 13.0 Å². The number of benzene rings is 1. The Bertz CT molecular complexity index is 572. The summed E-state index contributed by atoms with van der Waals surface area (Å²) in [6.45, 7) is 6.85. The van der Waals surface area contributed by atoms with Crippen LogP contribution in [-0.4, -0.2) is 6.54 Å². The maximum Gasteiger partial charge on any atom is 0.129 e. The fraction of sp³-hybridized carbons (Fsp3) is 0.375. The summed E-state index contributed by atoms with van der Waals surface area (Å²) in [5.74, 6) is -0.947. The van der Waals surface area contributed by atoms with Crippen LogP contribution in [0.4, 0.5) is 8.78 Å². The Morgan fingerprint density at radius 3 is 2.35 bits per heavy atom. The number of thiophene rings is 1. The average molecular weight is 295 g/mol. The van der Waals surface area contributed by atoms with Crippen LogP contribution in [0.25, 0.3) is 0 Å². The minimum Gasteiger partial charge on any atom is -0.309 e. The second kappa shape index (κ2) is 6.46. The van der Waals surface area contributed by atoms with Crippen molar-refractivity contribution in [3.05, 3.63) is 56.8 Å². The van der Waals surface area contributed by atoms with Crippen LogP contribution in [0, 0.1) is 25.5 Å². The summed E-state index contributed by atoms with van der Waals surface area (Å²) in [4.78, 5) is 2.38. The molecule has 0 saturated heterocycles. The maximum atomic E-state index is 13.8. The van der Waals surface area contributed by atoms with Gasteiger partial charge < -0.3 is 5.32 Å². The highest BCUT2D eigenvalue weighted by Gasteiger charge is 2.19. The summed E-state index contributed by atoms with van der Waals surface area (Å²) in [5, 5.41) is 3.33. The molecule has 4 heteroatoms. The molecular formula is C16H19F2NS. The van der Waals surface area contributed by atoms with Crippen LogP contribution < -0.4 is 5.32 Å². The first-order valence-electron chi connectivity index (χ1n) is 6.76. The van der Waals surface area contributed by atoms with E-state index in [1.54, 1.807) is 11.3 Å². The van der Waals surface area contributed by atoms with E-state index in [1.165, 1.54) is 28.6 Å². The highest BCUT2D eigenvalue weighted by molar-refractivity contribution is 7.12. The van der Waals surface area contributed by atoms with E-state index in [0.29, 0.717) is 6.42 Å². The predicted octanol–water partition coefficient (Wildman–Crippen LogP) is 4.54. The third-order valence-corrected chi connectivity index (χ3v) is 4.58. The Morgan fingerprint density at radius 2 is 1.85 bits per heavy atom. The van der Waals surface area contributed by atoms with E-state index in [9.17, 15) is 8.78 Å². The Kier molecular flexibility index (Phi) is 4.89. The van der Waals surface area contributed by atoms with E-state index in [0.717, 1.165) is 11.4 Å². The molecule has 2 rings (SSSR count). The van der Waals surface area contributed by atoms with E-state index >= 15 is 0 Å². The molecule has 0 saturated carbocycles. The predicted molar refractivity (Wildman–Crippen MR) is 80.3 cm³/mol. The van der Waals surface area contributed by atoms with Gasteiger partial charge in [0, 0.05) is 21.4 Å². The summed E-state index contributed by atoms with van der Waals surface area (Å²) >= 11 is 1.69. The lowest BCUT2D eigenvalue weighted by molar-refractivity contribution is 0.502. The van der Waals surface area contributed by atoms with Gasteiger partial charge in [0.25, 0.3) is 0 Å². The molecule has 20 heavy (non-hydrogen) atoms. The zero-order valence-electron chi connectivity index (χ0n) is 12.0. The maximum absolute atomic E-state index is 13.8. The minimum atomic E-state index is -0.473. The van der Waals surface area contributed by atoms with E-state index in [-0.39, 0.29) is 11.6 Å². The summed E-state index contributed by atoms with van der Waals surface area (Å²) < 4.78 is 27.6. The lowest BCUT2D eigenvalue weighted by atomic mass is 10.0. The molecule has 1 heterocycles. The Balaban J connectivity index is 2.33. The molecule has 0 radical (unpaired) electrons. The lowest BCUT2D eigenvalue weighted by Gasteiger charge is -2.18. The zero-order chi connectivity index (χ0) is 14.7. The molecule has 2 aromatic rings. The van der Waals surface area contributed by atoms with E-state index in [1.807, 2.05) is 20.8 Å². The molecule has 0 amide bonds. The number of likely N-dealkylation sites (N-methyl/N-ethyl adjacent to an activating group) is 1.